The van der Waals surface area contributed by atoms with Gasteiger partial charge in [0.1, 0.15) is 29.6 Å². The average molecular weight is 303 g/mol. The number of amides is 1. The molecule has 0 atom stereocenters. The molecule has 0 spiro atoms. The average Bonchev–Trinajstić information content (AvgIpc) is 3.13. The number of nitrogens with two attached hydrogens (primary N) is 1. The Morgan fingerprint density at radius 2 is 1.87 bits per heavy atom. The first kappa shape index (κ1) is 14.2. The van der Waals surface area contributed by atoms with Crippen LogP contribution in [0, 0.1) is 34.0 Å². The lowest BCUT2D eigenvalue weighted by atomic mass is 9.96. The van der Waals surface area contributed by atoms with Crippen molar-refractivity contribution in [2.24, 2.45) is 5.73 Å². The maximum Gasteiger partial charge on any atom is 0.349 e. The third-order valence-electron chi connectivity index (χ3n) is 3.60. The third-order valence-corrected chi connectivity index (χ3v) is 3.60. The number of rotatable bonds is 0. The van der Waals surface area contributed by atoms with Crippen LogP contribution in [0.25, 0.3) is 10.9 Å². The molecular formula is C15H9N7O. The minimum Gasteiger partial charge on any atom is -0.383 e. The number of hydrazine groups is 1. The van der Waals surface area contributed by atoms with Gasteiger partial charge in [0.2, 0.25) is 5.54 Å². The summed E-state index contributed by atoms with van der Waals surface area (Å²) in [6, 6.07) is 13.4. The summed E-state index contributed by atoms with van der Waals surface area (Å²) >= 11 is 0. The number of benzene rings is 1. The first-order valence-corrected chi connectivity index (χ1v) is 6.49. The number of carbonyl (C=O) groups is 1. The molecule has 1 aromatic carbocycles. The molecule has 0 bridgehead atoms. The van der Waals surface area contributed by atoms with Crippen LogP contribution >= 0.6 is 0 Å². The van der Waals surface area contributed by atoms with E-state index in [-0.39, 0.29) is 11.4 Å². The van der Waals surface area contributed by atoms with Crippen LogP contribution in [0.5, 0.6) is 0 Å². The Balaban J connectivity index is 2.09. The molecule has 110 valence electrons. The standard InChI is InChI=1S/C15H9N7O/c16-7-11-13(19)22(20-15(11,8-17)9-18)14(23)21-6-5-10-3-1-2-4-12(10)21/h1-6,20H,19H2. The van der Waals surface area contributed by atoms with E-state index in [0.717, 1.165) is 10.4 Å². The number of fused-ring (bicyclic) bond motifs is 1. The molecule has 3 N–H and O–H groups in total. The van der Waals surface area contributed by atoms with E-state index in [2.05, 4.69) is 5.43 Å². The summed E-state index contributed by atoms with van der Waals surface area (Å²) in [5, 5.41) is 29.3. The minimum atomic E-state index is -1.97. The number of carbonyl (C=O) groups excluding carboxylic acids is 1. The van der Waals surface area contributed by atoms with Crippen molar-refractivity contribution >= 4 is 16.9 Å². The molecule has 2 aromatic rings. The maximum absolute atomic E-state index is 12.7. The van der Waals surface area contributed by atoms with Gasteiger partial charge in [-0.2, -0.15) is 21.2 Å². The van der Waals surface area contributed by atoms with Crippen molar-refractivity contribution in [1.82, 2.24) is 15.0 Å². The zero-order chi connectivity index (χ0) is 16.6. The quantitative estimate of drug-likeness (QED) is 0.742. The van der Waals surface area contributed by atoms with Crippen LogP contribution in [0.3, 0.4) is 0 Å². The van der Waals surface area contributed by atoms with E-state index in [0.29, 0.717) is 5.52 Å². The summed E-state index contributed by atoms with van der Waals surface area (Å²) in [6.45, 7) is 0. The summed E-state index contributed by atoms with van der Waals surface area (Å²) in [6.07, 6.45) is 1.55. The molecule has 1 aliphatic rings. The normalized spacial score (nSPS) is 16.0. The monoisotopic (exact) mass is 303 g/mol. The predicted molar refractivity (Wildman–Crippen MR) is 78.5 cm³/mol. The van der Waals surface area contributed by atoms with Gasteiger partial charge in [0.05, 0.1) is 5.52 Å². The van der Waals surface area contributed by atoms with Gasteiger partial charge in [-0.1, -0.05) is 18.2 Å². The molecule has 0 unspecified atom stereocenters. The van der Waals surface area contributed by atoms with Crippen LogP contribution in [0.1, 0.15) is 0 Å². The van der Waals surface area contributed by atoms with Gasteiger partial charge in [-0.25, -0.2) is 9.80 Å². The van der Waals surface area contributed by atoms with E-state index in [4.69, 9.17) is 11.0 Å². The van der Waals surface area contributed by atoms with E-state index < -0.39 is 11.6 Å². The molecule has 8 nitrogen and oxygen atoms in total. The van der Waals surface area contributed by atoms with Gasteiger partial charge in [0.25, 0.3) is 0 Å². The Hall–Kier alpha value is -3.80. The Morgan fingerprint density at radius 1 is 1.17 bits per heavy atom. The summed E-state index contributed by atoms with van der Waals surface area (Å²) in [5.74, 6) is -0.265. The molecule has 0 aliphatic carbocycles. The molecule has 23 heavy (non-hydrogen) atoms. The molecule has 1 aliphatic heterocycles. The summed E-state index contributed by atoms with van der Waals surface area (Å²) in [5.41, 5.74) is 6.58. The van der Waals surface area contributed by atoms with Gasteiger partial charge in [0, 0.05) is 11.6 Å². The van der Waals surface area contributed by atoms with Crippen molar-refractivity contribution in [2.75, 3.05) is 0 Å². The van der Waals surface area contributed by atoms with Gasteiger partial charge in [-0.05, 0) is 12.1 Å². The lowest BCUT2D eigenvalue weighted by Crippen LogP contribution is -2.50. The van der Waals surface area contributed by atoms with Gasteiger partial charge in [0.15, 0.2) is 0 Å². The van der Waals surface area contributed by atoms with Crippen LogP contribution in [0.15, 0.2) is 47.9 Å². The number of para-hydroxylation sites is 1. The second kappa shape index (κ2) is 4.88. The molecule has 0 saturated carbocycles. The number of nitrogens with zero attached hydrogens (tertiary/aromatic N) is 5. The Labute approximate surface area is 130 Å². The molecule has 1 amide bonds. The number of hydrogen-bond donors (Lipinski definition) is 2. The van der Waals surface area contributed by atoms with E-state index in [1.54, 1.807) is 42.6 Å². The predicted octanol–water partition coefficient (Wildman–Crippen LogP) is 0.909. The van der Waals surface area contributed by atoms with Crippen LogP contribution < -0.4 is 11.2 Å². The zero-order valence-corrected chi connectivity index (χ0v) is 11.7. The van der Waals surface area contributed by atoms with Gasteiger partial charge in [-0.15, -0.1) is 0 Å². The molecule has 3 rings (SSSR count). The van der Waals surface area contributed by atoms with E-state index in [1.165, 1.54) is 4.57 Å². The highest BCUT2D eigenvalue weighted by atomic mass is 16.2. The molecule has 0 fully saturated rings. The van der Waals surface area contributed by atoms with Crippen molar-refractivity contribution in [3.63, 3.8) is 0 Å². The van der Waals surface area contributed by atoms with Gasteiger partial charge in [-0.3, -0.25) is 4.57 Å². The van der Waals surface area contributed by atoms with Crippen molar-refractivity contribution in [1.29, 1.82) is 15.8 Å². The highest BCUT2D eigenvalue weighted by molar-refractivity contribution is 5.92. The van der Waals surface area contributed by atoms with E-state index in [1.807, 2.05) is 12.1 Å². The summed E-state index contributed by atoms with van der Waals surface area (Å²) in [7, 11) is 0. The highest BCUT2D eigenvalue weighted by Crippen LogP contribution is 2.27. The maximum atomic E-state index is 12.7. The first-order valence-electron chi connectivity index (χ1n) is 6.49. The fourth-order valence-electron chi connectivity index (χ4n) is 2.42. The van der Waals surface area contributed by atoms with Crippen LogP contribution in [0.2, 0.25) is 0 Å². The minimum absolute atomic E-state index is 0.265. The molecule has 0 radical (unpaired) electrons. The first-order chi connectivity index (χ1) is 11.1. The van der Waals surface area contributed by atoms with E-state index in [9.17, 15) is 15.3 Å². The van der Waals surface area contributed by atoms with Crippen molar-refractivity contribution < 1.29 is 4.79 Å². The Kier molecular flexibility index (Phi) is 3.01. The number of aromatic nitrogens is 1. The van der Waals surface area contributed by atoms with Crippen LogP contribution in [-0.2, 0) is 0 Å². The van der Waals surface area contributed by atoms with Crippen molar-refractivity contribution in [2.45, 2.75) is 5.54 Å². The van der Waals surface area contributed by atoms with Crippen molar-refractivity contribution in [3.8, 4) is 18.2 Å². The number of nitrogens with one attached hydrogen (secondary N) is 1. The largest absolute Gasteiger partial charge is 0.383 e. The summed E-state index contributed by atoms with van der Waals surface area (Å²) < 4.78 is 1.31. The van der Waals surface area contributed by atoms with Gasteiger partial charge >= 0.3 is 6.03 Å². The number of hydrogen-bond acceptors (Lipinski definition) is 6. The Morgan fingerprint density at radius 3 is 2.48 bits per heavy atom. The van der Waals surface area contributed by atoms with Crippen molar-refractivity contribution in [3.05, 3.63) is 47.9 Å². The summed E-state index contributed by atoms with van der Waals surface area (Å²) in [4.78, 5) is 12.7. The zero-order valence-electron chi connectivity index (χ0n) is 11.7. The lowest BCUT2D eigenvalue weighted by Gasteiger charge is -2.20. The second-order valence-electron chi connectivity index (χ2n) is 4.82. The molecule has 8 heteroatoms. The topological polar surface area (TPSA) is 135 Å². The molecular weight excluding hydrogens is 294 g/mol. The third kappa shape index (κ3) is 1.82. The molecule has 2 heterocycles. The molecule has 0 saturated heterocycles. The second-order valence-corrected chi connectivity index (χ2v) is 4.82. The fraction of sp³-hybridized carbons (Fsp3) is 0.0667. The Bertz CT molecular complexity index is 966. The van der Waals surface area contributed by atoms with Crippen LogP contribution in [-0.4, -0.2) is 21.1 Å². The smallest absolute Gasteiger partial charge is 0.349 e. The highest BCUT2D eigenvalue weighted by Gasteiger charge is 2.48. The van der Waals surface area contributed by atoms with E-state index >= 15 is 0 Å². The fourth-order valence-corrected chi connectivity index (χ4v) is 2.42. The lowest BCUT2D eigenvalue weighted by molar-refractivity contribution is 0.194. The van der Waals surface area contributed by atoms with Crippen LogP contribution in [0.4, 0.5) is 4.79 Å². The molecule has 1 aromatic heterocycles. The SMILES string of the molecule is N#CC1=C(N)N(C(=O)n2ccc3ccccc32)NC1(C#N)C#N. The van der Waals surface area contributed by atoms with Gasteiger partial charge < -0.3 is 5.73 Å². The number of nitriles is 3.